The Labute approximate surface area is 227 Å². The molecule has 0 spiro atoms. The summed E-state index contributed by atoms with van der Waals surface area (Å²) < 4.78 is 11.6. The van der Waals surface area contributed by atoms with Crippen LogP contribution in [-0.4, -0.2) is 4.57 Å². The number of thiophene rings is 1. The van der Waals surface area contributed by atoms with E-state index < -0.39 is 0 Å². The van der Waals surface area contributed by atoms with E-state index in [1.165, 1.54) is 42.1 Å². The zero-order valence-electron chi connectivity index (χ0n) is 20.9. The minimum Gasteiger partial charge on any atom is -0.454 e. The molecule has 0 saturated heterocycles. The van der Waals surface area contributed by atoms with Crippen LogP contribution in [0.25, 0.3) is 80.7 Å². The summed E-state index contributed by atoms with van der Waals surface area (Å²) in [7, 11) is 0. The molecule has 0 aliphatic carbocycles. The molecular weight excluding hydrogens is 494 g/mol. The highest BCUT2D eigenvalue weighted by molar-refractivity contribution is 7.27. The normalized spacial score (nSPS) is 12.1. The summed E-state index contributed by atoms with van der Waals surface area (Å²) >= 11 is 1.89. The van der Waals surface area contributed by atoms with Gasteiger partial charge >= 0.3 is 0 Å². The van der Waals surface area contributed by atoms with Gasteiger partial charge in [-0.2, -0.15) is 0 Å². The predicted molar refractivity (Wildman–Crippen MR) is 166 cm³/mol. The summed E-state index contributed by atoms with van der Waals surface area (Å²) in [6.07, 6.45) is 0. The van der Waals surface area contributed by atoms with Gasteiger partial charge in [0.15, 0.2) is 5.58 Å². The maximum Gasteiger partial charge on any atom is 0.161 e. The van der Waals surface area contributed by atoms with Crippen molar-refractivity contribution in [3.63, 3.8) is 0 Å². The van der Waals surface area contributed by atoms with Crippen molar-refractivity contribution in [2.75, 3.05) is 0 Å². The number of hydrogen-bond donors (Lipinski definition) is 0. The molecule has 39 heavy (non-hydrogen) atoms. The van der Waals surface area contributed by atoms with E-state index in [1.807, 2.05) is 11.3 Å². The quantitative estimate of drug-likeness (QED) is 0.224. The molecule has 3 aromatic heterocycles. The van der Waals surface area contributed by atoms with Gasteiger partial charge in [-0.3, -0.25) is 0 Å². The van der Waals surface area contributed by atoms with Crippen LogP contribution in [0.4, 0.5) is 0 Å². The third kappa shape index (κ3) is 2.91. The summed E-state index contributed by atoms with van der Waals surface area (Å²) in [6, 6.07) is 45.6. The van der Waals surface area contributed by atoms with E-state index in [0.29, 0.717) is 0 Å². The fourth-order valence-electron chi connectivity index (χ4n) is 6.23. The van der Waals surface area contributed by atoms with E-state index in [2.05, 4.69) is 132 Å². The van der Waals surface area contributed by atoms with Gasteiger partial charge in [0, 0.05) is 36.6 Å². The molecule has 0 aliphatic heterocycles. The van der Waals surface area contributed by atoms with E-state index in [0.717, 1.165) is 38.7 Å². The first-order valence-electron chi connectivity index (χ1n) is 13.2. The number of nitrogens with zero attached hydrogens (tertiary/aromatic N) is 1. The van der Waals surface area contributed by atoms with Crippen LogP contribution < -0.4 is 0 Å². The molecule has 9 aromatic rings. The van der Waals surface area contributed by atoms with E-state index >= 15 is 0 Å². The average molecular weight is 516 g/mol. The summed E-state index contributed by atoms with van der Waals surface area (Å²) in [5.41, 5.74) is 7.69. The van der Waals surface area contributed by atoms with Crippen LogP contribution in [0.5, 0.6) is 0 Å². The maximum absolute atomic E-state index is 6.64. The van der Waals surface area contributed by atoms with E-state index in [4.69, 9.17) is 4.42 Å². The Bertz CT molecular complexity index is 2390. The molecule has 0 unspecified atom stereocenters. The first-order chi connectivity index (χ1) is 19.3. The van der Waals surface area contributed by atoms with Gasteiger partial charge in [-0.25, -0.2) is 0 Å². The lowest BCUT2D eigenvalue weighted by molar-refractivity contribution is 0.673. The summed E-state index contributed by atoms with van der Waals surface area (Å²) in [6.45, 7) is 0. The molecule has 0 N–H and O–H groups in total. The van der Waals surface area contributed by atoms with E-state index in [-0.39, 0.29) is 0 Å². The fourth-order valence-corrected chi connectivity index (χ4v) is 7.61. The lowest BCUT2D eigenvalue weighted by Crippen LogP contribution is -1.92. The van der Waals surface area contributed by atoms with Gasteiger partial charge < -0.3 is 8.98 Å². The molecule has 0 saturated carbocycles. The largest absolute Gasteiger partial charge is 0.454 e. The van der Waals surface area contributed by atoms with Crippen molar-refractivity contribution >= 4 is 75.3 Å². The molecular formula is C36H21NOS. The zero-order valence-corrected chi connectivity index (χ0v) is 21.7. The third-order valence-corrected chi connectivity index (χ3v) is 9.28. The Morgan fingerprint density at radius 2 is 1.28 bits per heavy atom. The third-order valence-electron chi connectivity index (χ3n) is 7.99. The predicted octanol–water partition coefficient (Wildman–Crippen LogP) is 10.7. The summed E-state index contributed by atoms with van der Waals surface area (Å²) in [5.74, 6) is 0. The second-order valence-electron chi connectivity index (χ2n) is 10.1. The first-order valence-corrected chi connectivity index (χ1v) is 14.0. The van der Waals surface area contributed by atoms with Crippen LogP contribution >= 0.6 is 11.3 Å². The van der Waals surface area contributed by atoms with Crippen molar-refractivity contribution in [2.24, 2.45) is 0 Å². The smallest absolute Gasteiger partial charge is 0.161 e. The molecule has 6 aromatic carbocycles. The highest BCUT2D eigenvalue weighted by Gasteiger charge is 2.20. The Balaban J connectivity index is 1.31. The molecule has 3 heteroatoms. The SMILES string of the molecule is c1ccc(-n2c3ccccc3c3oc4cc(-c5cccc6c5sc5c7ccccc7ccc65)ccc4c32)cc1. The monoisotopic (exact) mass is 515 g/mol. The molecule has 0 bridgehead atoms. The molecule has 0 fully saturated rings. The molecule has 9 rings (SSSR count). The molecule has 0 radical (unpaired) electrons. The zero-order chi connectivity index (χ0) is 25.5. The Hall–Kier alpha value is -4.86. The lowest BCUT2D eigenvalue weighted by atomic mass is 10.0. The topological polar surface area (TPSA) is 18.1 Å². The van der Waals surface area contributed by atoms with Gasteiger partial charge in [-0.05, 0) is 58.3 Å². The maximum atomic E-state index is 6.64. The molecule has 0 aliphatic rings. The number of furan rings is 1. The fraction of sp³-hybridized carbons (Fsp3) is 0. The van der Waals surface area contributed by atoms with Gasteiger partial charge in [0.1, 0.15) is 11.1 Å². The number of rotatable bonds is 2. The molecule has 2 nitrogen and oxygen atoms in total. The van der Waals surface area contributed by atoms with Crippen LogP contribution in [-0.2, 0) is 0 Å². The Morgan fingerprint density at radius 1 is 0.538 bits per heavy atom. The van der Waals surface area contributed by atoms with Crippen LogP contribution in [0, 0.1) is 0 Å². The molecule has 3 heterocycles. The van der Waals surface area contributed by atoms with Crippen molar-refractivity contribution in [1.82, 2.24) is 4.57 Å². The lowest BCUT2D eigenvalue weighted by Gasteiger charge is -2.07. The summed E-state index contributed by atoms with van der Waals surface area (Å²) in [4.78, 5) is 0. The number of fused-ring (bicyclic) bond motifs is 10. The van der Waals surface area contributed by atoms with Crippen LogP contribution in [0.1, 0.15) is 0 Å². The van der Waals surface area contributed by atoms with Crippen molar-refractivity contribution in [2.45, 2.75) is 0 Å². The van der Waals surface area contributed by atoms with Gasteiger partial charge in [-0.15, -0.1) is 11.3 Å². The van der Waals surface area contributed by atoms with Gasteiger partial charge in [0.05, 0.1) is 5.52 Å². The van der Waals surface area contributed by atoms with E-state index in [9.17, 15) is 0 Å². The van der Waals surface area contributed by atoms with Gasteiger partial charge in [0.25, 0.3) is 0 Å². The Morgan fingerprint density at radius 3 is 2.21 bits per heavy atom. The molecule has 0 atom stereocenters. The van der Waals surface area contributed by atoms with Gasteiger partial charge in [0.2, 0.25) is 0 Å². The average Bonchev–Trinajstić information content (AvgIpc) is 3.66. The van der Waals surface area contributed by atoms with E-state index in [1.54, 1.807) is 0 Å². The number of aromatic nitrogens is 1. The number of benzene rings is 6. The highest BCUT2D eigenvalue weighted by Crippen LogP contribution is 2.44. The summed E-state index contributed by atoms with van der Waals surface area (Å²) in [5, 5.41) is 7.50. The molecule has 182 valence electrons. The van der Waals surface area contributed by atoms with Gasteiger partial charge in [-0.1, -0.05) is 91.0 Å². The Kier molecular flexibility index (Phi) is 4.24. The minimum absolute atomic E-state index is 0.913. The number of para-hydroxylation sites is 2. The second kappa shape index (κ2) is 7.83. The number of hydrogen-bond acceptors (Lipinski definition) is 2. The van der Waals surface area contributed by atoms with Crippen molar-refractivity contribution in [3.8, 4) is 16.8 Å². The first kappa shape index (κ1) is 21.1. The second-order valence-corrected chi connectivity index (χ2v) is 11.1. The molecule has 0 amide bonds. The van der Waals surface area contributed by atoms with Crippen LogP contribution in [0.15, 0.2) is 132 Å². The standard InChI is InChI=1S/C36H21NOS/c1-2-10-24(11-3-1)37-31-16-7-6-13-29(31)34-33(37)30-20-18-23(21-32(30)38-34)26-14-8-15-27-28-19-17-22-9-4-5-12-25(22)35(28)39-36(26)27/h1-21H. The minimum atomic E-state index is 0.913. The van der Waals surface area contributed by atoms with Crippen LogP contribution in [0.2, 0.25) is 0 Å². The van der Waals surface area contributed by atoms with Crippen molar-refractivity contribution in [1.29, 1.82) is 0 Å². The van der Waals surface area contributed by atoms with Crippen molar-refractivity contribution < 1.29 is 4.42 Å². The van der Waals surface area contributed by atoms with Crippen LogP contribution in [0.3, 0.4) is 0 Å². The van der Waals surface area contributed by atoms with Crippen molar-refractivity contribution in [3.05, 3.63) is 127 Å². The highest BCUT2D eigenvalue weighted by atomic mass is 32.1.